The van der Waals surface area contributed by atoms with Gasteiger partial charge in [-0.15, -0.1) is 0 Å². The van der Waals surface area contributed by atoms with Crippen LogP contribution in [-0.2, 0) is 4.74 Å². The maximum Gasteiger partial charge on any atom is 0.335 e. The highest BCUT2D eigenvalue weighted by molar-refractivity contribution is 5.82. The normalized spacial score (nSPS) is 15.3. The second-order valence-corrected chi connectivity index (χ2v) is 5.99. The number of nitrogens with zero attached hydrogens (tertiary/aromatic N) is 3. The minimum Gasteiger partial charge on any atom is -0.495 e. The van der Waals surface area contributed by atoms with E-state index < -0.39 is 17.1 Å². The van der Waals surface area contributed by atoms with E-state index in [1.165, 1.54) is 13.3 Å². The Labute approximate surface area is 155 Å². The lowest BCUT2D eigenvalue weighted by Gasteiger charge is -2.25. The van der Waals surface area contributed by atoms with Crippen LogP contribution in [0.25, 0.3) is 5.69 Å². The molecule has 9 nitrogen and oxygen atoms in total. The van der Waals surface area contributed by atoms with Crippen molar-refractivity contribution in [2.45, 2.75) is 0 Å². The highest BCUT2D eigenvalue weighted by Crippen LogP contribution is 2.24. The first kappa shape index (κ1) is 18.9. The van der Waals surface area contributed by atoms with Gasteiger partial charge in [-0.2, -0.15) is 0 Å². The number of aromatic hydroxyl groups is 1. The van der Waals surface area contributed by atoms with Crippen molar-refractivity contribution < 1.29 is 14.6 Å². The predicted molar refractivity (Wildman–Crippen MR) is 101 cm³/mol. The van der Waals surface area contributed by atoms with Gasteiger partial charge in [-0.3, -0.25) is 19.7 Å². The number of methoxy groups -OCH3 is 1. The lowest BCUT2D eigenvalue weighted by Crippen LogP contribution is -2.37. The largest absolute Gasteiger partial charge is 0.495 e. The van der Waals surface area contributed by atoms with Gasteiger partial charge in [0, 0.05) is 25.8 Å². The van der Waals surface area contributed by atoms with Crippen molar-refractivity contribution in [2.75, 3.05) is 46.5 Å². The molecule has 1 aromatic carbocycles. The molecule has 0 atom stereocenters. The number of benzene rings is 1. The minimum atomic E-state index is -0.757. The molecule has 9 heteroatoms. The van der Waals surface area contributed by atoms with E-state index in [-0.39, 0.29) is 5.56 Å². The molecule has 2 aromatic rings. The van der Waals surface area contributed by atoms with E-state index in [0.717, 1.165) is 24.2 Å². The molecular formula is C18H22N4O5. The SMILES string of the molecule is COc1ccccc1-n1c(O)c(C=NCCN2CCOCC2)c(=O)[nH]c1=O. The van der Waals surface area contributed by atoms with Gasteiger partial charge in [0.2, 0.25) is 5.88 Å². The number of para-hydroxylation sites is 2. The number of aliphatic imine (C=N–C) groups is 1. The third-order valence-electron chi connectivity index (χ3n) is 4.32. The molecule has 1 aliphatic heterocycles. The molecule has 2 heterocycles. The summed E-state index contributed by atoms with van der Waals surface area (Å²) in [4.78, 5) is 33.0. The molecule has 1 aliphatic rings. The molecule has 0 spiro atoms. The number of ether oxygens (including phenoxy) is 2. The van der Waals surface area contributed by atoms with Crippen LogP contribution < -0.4 is 16.0 Å². The summed E-state index contributed by atoms with van der Waals surface area (Å²) in [6.45, 7) is 4.29. The lowest BCUT2D eigenvalue weighted by atomic mass is 10.2. The summed E-state index contributed by atoms with van der Waals surface area (Å²) < 4.78 is 11.5. The van der Waals surface area contributed by atoms with Gasteiger partial charge in [-0.1, -0.05) is 12.1 Å². The molecule has 3 rings (SSSR count). The first-order valence-corrected chi connectivity index (χ1v) is 8.63. The molecule has 1 fully saturated rings. The number of rotatable bonds is 6. The zero-order valence-electron chi connectivity index (χ0n) is 15.1. The predicted octanol–water partition coefficient (Wildman–Crippen LogP) is -0.00890. The Morgan fingerprint density at radius 1 is 1.30 bits per heavy atom. The van der Waals surface area contributed by atoms with Crippen molar-refractivity contribution in [1.82, 2.24) is 14.5 Å². The van der Waals surface area contributed by atoms with Crippen LogP contribution in [0.5, 0.6) is 11.6 Å². The fourth-order valence-corrected chi connectivity index (χ4v) is 2.87. The summed E-state index contributed by atoms with van der Waals surface area (Å²) in [6, 6.07) is 6.70. The van der Waals surface area contributed by atoms with Gasteiger partial charge in [0.25, 0.3) is 5.56 Å². The van der Waals surface area contributed by atoms with Crippen molar-refractivity contribution in [1.29, 1.82) is 0 Å². The number of aromatic amines is 1. The van der Waals surface area contributed by atoms with Crippen LogP contribution in [0, 0.1) is 0 Å². The van der Waals surface area contributed by atoms with Gasteiger partial charge in [-0.05, 0) is 12.1 Å². The van der Waals surface area contributed by atoms with Crippen molar-refractivity contribution in [2.24, 2.45) is 4.99 Å². The van der Waals surface area contributed by atoms with Gasteiger partial charge < -0.3 is 14.6 Å². The van der Waals surface area contributed by atoms with Crippen molar-refractivity contribution >= 4 is 6.21 Å². The highest BCUT2D eigenvalue weighted by Gasteiger charge is 2.17. The quantitative estimate of drug-likeness (QED) is 0.689. The third kappa shape index (κ3) is 4.26. The van der Waals surface area contributed by atoms with Gasteiger partial charge in [-0.25, -0.2) is 9.36 Å². The molecule has 27 heavy (non-hydrogen) atoms. The Bertz CT molecular complexity index is 928. The summed E-state index contributed by atoms with van der Waals surface area (Å²) in [5.41, 5.74) is -1.21. The Morgan fingerprint density at radius 3 is 2.78 bits per heavy atom. The van der Waals surface area contributed by atoms with Crippen molar-refractivity contribution in [3.63, 3.8) is 0 Å². The molecule has 1 aromatic heterocycles. The van der Waals surface area contributed by atoms with Crippen LogP contribution in [0.3, 0.4) is 0 Å². The molecule has 2 N–H and O–H groups in total. The number of hydrogen-bond donors (Lipinski definition) is 2. The molecule has 0 aliphatic carbocycles. The Morgan fingerprint density at radius 2 is 2.04 bits per heavy atom. The monoisotopic (exact) mass is 374 g/mol. The smallest absolute Gasteiger partial charge is 0.335 e. The average Bonchev–Trinajstić information content (AvgIpc) is 2.68. The number of aromatic nitrogens is 2. The number of morpholine rings is 1. The van der Waals surface area contributed by atoms with E-state index in [1.54, 1.807) is 24.3 Å². The standard InChI is InChI=1S/C18H22N4O5/c1-26-15-5-3-2-4-14(15)22-17(24)13(16(23)20-18(22)25)12-19-6-7-21-8-10-27-11-9-21/h2-5,12,24H,6-11H2,1H3,(H,20,23,25). The van der Waals surface area contributed by atoms with Crippen LogP contribution in [0.1, 0.15) is 5.56 Å². The van der Waals surface area contributed by atoms with Gasteiger partial charge in [0.1, 0.15) is 11.3 Å². The Kier molecular flexibility index (Phi) is 6.05. The fraction of sp³-hybridized carbons (Fsp3) is 0.389. The molecule has 0 amide bonds. The molecule has 0 radical (unpaired) electrons. The van der Waals surface area contributed by atoms with Gasteiger partial charge >= 0.3 is 5.69 Å². The summed E-state index contributed by atoms with van der Waals surface area (Å²) in [6.07, 6.45) is 1.29. The number of nitrogens with one attached hydrogen (secondary N) is 1. The Balaban J connectivity index is 1.87. The molecular weight excluding hydrogens is 352 g/mol. The maximum atomic E-state index is 12.2. The molecule has 0 unspecified atom stereocenters. The summed E-state index contributed by atoms with van der Waals surface area (Å²) in [7, 11) is 1.46. The van der Waals surface area contributed by atoms with Crippen molar-refractivity contribution in [3.8, 4) is 17.3 Å². The Hall–Kier alpha value is -2.91. The topological polar surface area (TPSA) is 109 Å². The molecule has 1 saturated heterocycles. The van der Waals surface area contributed by atoms with E-state index in [0.29, 0.717) is 31.2 Å². The van der Waals surface area contributed by atoms with E-state index in [1.807, 2.05) is 0 Å². The molecule has 0 bridgehead atoms. The second-order valence-electron chi connectivity index (χ2n) is 5.99. The van der Waals surface area contributed by atoms with E-state index >= 15 is 0 Å². The average molecular weight is 374 g/mol. The van der Waals surface area contributed by atoms with Gasteiger partial charge in [0.15, 0.2) is 0 Å². The summed E-state index contributed by atoms with van der Waals surface area (Å²) in [5, 5.41) is 10.5. The first-order valence-electron chi connectivity index (χ1n) is 8.63. The van der Waals surface area contributed by atoms with Crippen LogP contribution in [0.15, 0.2) is 38.8 Å². The van der Waals surface area contributed by atoms with Crippen LogP contribution in [-0.4, -0.2) is 72.3 Å². The first-order chi connectivity index (χ1) is 13.1. The minimum absolute atomic E-state index is 0.0810. The number of H-pyrrole nitrogens is 1. The van der Waals surface area contributed by atoms with E-state index in [2.05, 4.69) is 14.9 Å². The second kappa shape index (κ2) is 8.65. The zero-order chi connectivity index (χ0) is 19.2. The fourth-order valence-electron chi connectivity index (χ4n) is 2.87. The van der Waals surface area contributed by atoms with Crippen molar-refractivity contribution in [3.05, 3.63) is 50.7 Å². The van der Waals surface area contributed by atoms with Crippen LogP contribution in [0.2, 0.25) is 0 Å². The highest BCUT2D eigenvalue weighted by atomic mass is 16.5. The van der Waals surface area contributed by atoms with E-state index in [4.69, 9.17) is 9.47 Å². The summed E-state index contributed by atoms with van der Waals surface area (Å²) in [5.74, 6) is -0.0967. The third-order valence-corrected chi connectivity index (χ3v) is 4.32. The lowest BCUT2D eigenvalue weighted by molar-refractivity contribution is 0.0395. The maximum absolute atomic E-state index is 12.2. The van der Waals surface area contributed by atoms with Crippen LogP contribution >= 0.6 is 0 Å². The molecule has 144 valence electrons. The van der Waals surface area contributed by atoms with Crippen LogP contribution in [0.4, 0.5) is 0 Å². The van der Waals surface area contributed by atoms with E-state index in [9.17, 15) is 14.7 Å². The number of hydrogen-bond acceptors (Lipinski definition) is 7. The summed E-state index contributed by atoms with van der Waals surface area (Å²) >= 11 is 0. The van der Waals surface area contributed by atoms with Gasteiger partial charge in [0.05, 0.1) is 32.6 Å². The zero-order valence-corrected chi connectivity index (χ0v) is 15.1. The molecule has 0 saturated carbocycles.